The Bertz CT molecular complexity index is 391. The molecule has 1 aliphatic carbocycles. The third-order valence-electron chi connectivity index (χ3n) is 3.56. The predicted octanol–water partition coefficient (Wildman–Crippen LogP) is 2.71. The summed E-state index contributed by atoms with van der Waals surface area (Å²) in [7, 11) is 0. The lowest BCUT2D eigenvalue weighted by Gasteiger charge is -2.37. The summed E-state index contributed by atoms with van der Waals surface area (Å²) in [5, 5.41) is 9.28. The molecule has 0 unspecified atom stereocenters. The van der Waals surface area contributed by atoms with Gasteiger partial charge in [-0.1, -0.05) is 26.3 Å². The van der Waals surface area contributed by atoms with Crippen LogP contribution in [-0.4, -0.2) is 16.1 Å². The van der Waals surface area contributed by atoms with Gasteiger partial charge in [0.25, 0.3) is 0 Å². The number of hydrogen-bond acceptors (Lipinski definition) is 2. The number of pyridine rings is 1. The van der Waals surface area contributed by atoms with Gasteiger partial charge in [0.05, 0.1) is 5.69 Å². The number of carboxylic acid groups (broad SMARTS) is 1. The van der Waals surface area contributed by atoms with Crippen LogP contribution in [0.1, 0.15) is 50.3 Å². The van der Waals surface area contributed by atoms with Crippen molar-refractivity contribution < 1.29 is 9.90 Å². The molecule has 1 aromatic rings. The molecule has 1 N–H and O–H groups in total. The van der Waals surface area contributed by atoms with Gasteiger partial charge in [0.1, 0.15) is 5.41 Å². The second-order valence-electron chi connectivity index (χ2n) is 4.87. The molecule has 0 atom stereocenters. The van der Waals surface area contributed by atoms with Gasteiger partial charge >= 0.3 is 5.97 Å². The Morgan fingerprint density at radius 3 is 2.44 bits per heavy atom. The lowest BCUT2D eigenvalue weighted by Crippen LogP contribution is -2.43. The van der Waals surface area contributed by atoms with E-state index in [1.54, 1.807) is 0 Å². The first-order valence-electron chi connectivity index (χ1n) is 5.76. The Labute approximate surface area is 95.5 Å². The average molecular weight is 219 g/mol. The van der Waals surface area contributed by atoms with E-state index >= 15 is 0 Å². The first-order chi connectivity index (χ1) is 7.56. The average Bonchev–Trinajstić information content (AvgIpc) is 2.16. The third-order valence-corrected chi connectivity index (χ3v) is 3.56. The largest absolute Gasteiger partial charge is 0.481 e. The minimum Gasteiger partial charge on any atom is -0.481 e. The van der Waals surface area contributed by atoms with Crippen molar-refractivity contribution in [2.24, 2.45) is 0 Å². The number of carboxylic acids is 1. The number of aromatic nitrogens is 1. The van der Waals surface area contributed by atoms with Crippen LogP contribution < -0.4 is 0 Å². The van der Waals surface area contributed by atoms with Gasteiger partial charge in [-0.25, -0.2) is 0 Å². The molecule has 1 saturated carbocycles. The maximum Gasteiger partial charge on any atom is 0.315 e. The van der Waals surface area contributed by atoms with Crippen molar-refractivity contribution in [1.29, 1.82) is 0 Å². The third kappa shape index (κ3) is 1.60. The highest BCUT2D eigenvalue weighted by atomic mass is 16.4. The molecular weight excluding hydrogens is 202 g/mol. The molecule has 0 spiro atoms. The highest BCUT2D eigenvalue weighted by Crippen LogP contribution is 2.43. The van der Waals surface area contributed by atoms with Crippen LogP contribution in [0, 0.1) is 0 Å². The second kappa shape index (κ2) is 3.89. The maximum absolute atomic E-state index is 11.3. The number of hydrogen-bond donors (Lipinski definition) is 1. The van der Waals surface area contributed by atoms with E-state index < -0.39 is 11.4 Å². The molecule has 0 radical (unpaired) electrons. The summed E-state index contributed by atoms with van der Waals surface area (Å²) in [6.45, 7) is 4.21. The Morgan fingerprint density at radius 2 is 2.12 bits per heavy atom. The van der Waals surface area contributed by atoms with Crippen LogP contribution >= 0.6 is 0 Å². The van der Waals surface area contributed by atoms with E-state index in [0.29, 0.717) is 5.92 Å². The molecule has 1 aromatic heterocycles. The molecule has 0 aliphatic heterocycles. The summed E-state index contributed by atoms with van der Waals surface area (Å²) >= 11 is 0. The van der Waals surface area contributed by atoms with E-state index in [9.17, 15) is 9.90 Å². The molecule has 16 heavy (non-hydrogen) atoms. The summed E-state index contributed by atoms with van der Waals surface area (Å²) in [6, 6.07) is 3.87. The first-order valence-corrected chi connectivity index (χ1v) is 5.76. The van der Waals surface area contributed by atoms with E-state index in [1.165, 1.54) is 0 Å². The molecule has 3 nitrogen and oxygen atoms in total. The minimum absolute atomic E-state index is 0.434. The zero-order chi connectivity index (χ0) is 11.8. The van der Waals surface area contributed by atoms with Crippen molar-refractivity contribution in [3.8, 4) is 0 Å². The smallest absolute Gasteiger partial charge is 0.315 e. The second-order valence-corrected chi connectivity index (χ2v) is 4.87. The van der Waals surface area contributed by atoms with Crippen molar-refractivity contribution in [3.05, 3.63) is 29.6 Å². The summed E-state index contributed by atoms with van der Waals surface area (Å²) in [4.78, 5) is 15.6. The number of rotatable bonds is 3. The fourth-order valence-corrected chi connectivity index (χ4v) is 2.14. The molecule has 0 saturated heterocycles. The zero-order valence-electron chi connectivity index (χ0n) is 9.73. The van der Waals surface area contributed by atoms with E-state index in [-0.39, 0.29) is 0 Å². The van der Waals surface area contributed by atoms with Gasteiger partial charge in [0.2, 0.25) is 0 Å². The number of nitrogens with zero attached hydrogens (tertiary/aromatic N) is 1. The fraction of sp³-hybridized carbons (Fsp3) is 0.538. The van der Waals surface area contributed by atoms with Crippen LogP contribution in [0.15, 0.2) is 18.3 Å². The molecule has 3 heteroatoms. The SMILES string of the molecule is CC(C)c1ccc(C2(C(=O)O)CCC2)nc1. The van der Waals surface area contributed by atoms with Gasteiger partial charge in [-0.3, -0.25) is 9.78 Å². The maximum atomic E-state index is 11.3. The van der Waals surface area contributed by atoms with Crippen LogP contribution in [0.2, 0.25) is 0 Å². The van der Waals surface area contributed by atoms with Gasteiger partial charge in [-0.2, -0.15) is 0 Å². The Balaban J connectivity index is 2.30. The zero-order valence-corrected chi connectivity index (χ0v) is 9.73. The Kier molecular flexibility index (Phi) is 2.70. The molecule has 1 aliphatic rings. The van der Waals surface area contributed by atoms with E-state index in [0.717, 1.165) is 30.5 Å². The Hall–Kier alpha value is -1.38. The van der Waals surface area contributed by atoms with Crippen LogP contribution in [-0.2, 0) is 10.2 Å². The van der Waals surface area contributed by atoms with Gasteiger partial charge < -0.3 is 5.11 Å². The van der Waals surface area contributed by atoms with Crippen LogP contribution in [0.3, 0.4) is 0 Å². The molecule has 0 amide bonds. The summed E-state index contributed by atoms with van der Waals surface area (Å²) in [6.07, 6.45) is 4.23. The fourth-order valence-electron chi connectivity index (χ4n) is 2.14. The number of carbonyl (C=O) groups is 1. The van der Waals surface area contributed by atoms with Crippen molar-refractivity contribution in [1.82, 2.24) is 4.98 Å². The predicted molar refractivity (Wildman–Crippen MR) is 61.5 cm³/mol. The molecule has 1 heterocycles. The molecule has 0 bridgehead atoms. The summed E-state index contributed by atoms with van der Waals surface area (Å²) < 4.78 is 0. The number of aliphatic carboxylic acids is 1. The van der Waals surface area contributed by atoms with Gasteiger partial charge in [0, 0.05) is 6.20 Å². The molecule has 86 valence electrons. The van der Waals surface area contributed by atoms with E-state index in [2.05, 4.69) is 18.8 Å². The molecule has 1 fully saturated rings. The minimum atomic E-state index is -0.733. The topological polar surface area (TPSA) is 50.2 Å². The lowest BCUT2D eigenvalue weighted by molar-refractivity contribution is -0.147. The first kappa shape index (κ1) is 11.1. The van der Waals surface area contributed by atoms with E-state index in [1.807, 2.05) is 18.3 Å². The quantitative estimate of drug-likeness (QED) is 0.850. The van der Waals surface area contributed by atoms with E-state index in [4.69, 9.17) is 0 Å². The Morgan fingerprint density at radius 1 is 1.44 bits per heavy atom. The van der Waals surface area contributed by atoms with Crippen molar-refractivity contribution in [2.75, 3.05) is 0 Å². The molecular formula is C13H17NO2. The summed E-state index contributed by atoms with van der Waals surface area (Å²) in [5.41, 5.74) is 1.18. The summed E-state index contributed by atoms with van der Waals surface area (Å²) in [5.74, 6) is -0.299. The van der Waals surface area contributed by atoms with Gasteiger partial charge in [-0.05, 0) is 30.4 Å². The van der Waals surface area contributed by atoms with Gasteiger partial charge in [0.15, 0.2) is 0 Å². The molecule has 0 aromatic carbocycles. The normalized spacial score (nSPS) is 18.2. The van der Waals surface area contributed by atoms with Crippen LogP contribution in [0.5, 0.6) is 0 Å². The van der Waals surface area contributed by atoms with Crippen molar-refractivity contribution >= 4 is 5.97 Å². The van der Waals surface area contributed by atoms with Crippen molar-refractivity contribution in [3.63, 3.8) is 0 Å². The highest BCUT2D eigenvalue weighted by molar-refractivity contribution is 5.81. The monoisotopic (exact) mass is 219 g/mol. The lowest BCUT2D eigenvalue weighted by atomic mass is 9.66. The van der Waals surface area contributed by atoms with Crippen molar-refractivity contribution in [2.45, 2.75) is 44.4 Å². The van der Waals surface area contributed by atoms with Crippen LogP contribution in [0.25, 0.3) is 0 Å². The standard InChI is InChI=1S/C13H17NO2/c1-9(2)10-4-5-11(14-8-10)13(12(15)16)6-3-7-13/h4-5,8-9H,3,6-7H2,1-2H3,(H,15,16). The van der Waals surface area contributed by atoms with Gasteiger partial charge in [-0.15, -0.1) is 0 Å². The molecule has 2 rings (SSSR count). The highest BCUT2D eigenvalue weighted by Gasteiger charge is 2.47. The van der Waals surface area contributed by atoms with Crippen LogP contribution in [0.4, 0.5) is 0 Å².